The van der Waals surface area contributed by atoms with Crippen molar-refractivity contribution in [1.29, 1.82) is 0 Å². The minimum atomic E-state index is -0.00582. The lowest BCUT2D eigenvalue weighted by Gasteiger charge is -2.38. The Kier molecular flexibility index (Phi) is 5.09. The molecule has 1 aromatic carbocycles. The lowest BCUT2D eigenvalue weighted by Crippen LogP contribution is -2.50. The van der Waals surface area contributed by atoms with Gasteiger partial charge in [0.1, 0.15) is 0 Å². The van der Waals surface area contributed by atoms with Crippen molar-refractivity contribution >= 4 is 23.2 Å². The molecule has 2 N–H and O–H groups in total. The maximum Gasteiger partial charge on any atom is 0.0595 e. The lowest BCUT2D eigenvalue weighted by atomic mass is 9.98. The number of hydrogen-bond donors (Lipinski definition) is 1. The van der Waals surface area contributed by atoms with Gasteiger partial charge in [0.2, 0.25) is 0 Å². The second kappa shape index (κ2) is 6.42. The smallest absolute Gasteiger partial charge is 0.0595 e. The van der Waals surface area contributed by atoms with Crippen LogP contribution in [0.1, 0.15) is 18.0 Å². The van der Waals surface area contributed by atoms with Crippen molar-refractivity contribution in [1.82, 2.24) is 9.80 Å². The fraction of sp³-hybridized carbons (Fsp3) is 0.571. The number of halogens is 2. The van der Waals surface area contributed by atoms with E-state index in [-0.39, 0.29) is 6.04 Å². The SMILES string of the molecule is CN1CCN(C)C(CC(N)c2ccc(Cl)c(Cl)c2)C1. The van der Waals surface area contributed by atoms with Gasteiger partial charge in [-0.2, -0.15) is 0 Å². The maximum atomic E-state index is 6.31. The molecule has 0 aliphatic carbocycles. The molecule has 19 heavy (non-hydrogen) atoms. The Hall–Kier alpha value is -0.320. The van der Waals surface area contributed by atoms with E-state index < -0.39 is 0 Å². The van der Waals surface area contributed by atoms with Crippen molar-refractivity contribution in [3.05, 3.63) is 33.8 Å². The Balaban J connectivity index is 2.03. The molecule has 0 saturated carbocycles. The van der Waals surface area contributed by atoms with E-state index in [1.807, 2.05) is 18.2 Å². The average molecular weight is 302 g/mol. The maximum absolute atomic E-state index is 6.31. The lowest BCUT2D eigenvalue weighted by molar-refractivity contribution is 0.104. The van der Waals surface area contributed by atoms with Crippen LogP contribution in [-0.2, 0) is 0 Å². The van der Waals surface area contributed by atoms with Gasteiger partial charge in [-0.25, -0.2) is 0 Å². The minimum Gasteiger partial charge on any atom is -0.324 e. The Labute approximate surface area is 125 Å². The molecule has 106 valence electrons. The highest BCUT2D eigenvalue weighted by Gasteiger charge is 2.24. The molecule has 0 amide bonds. The third kappa shape index (κ3) is 3.83. The number of piperazine rings is 1. The second-order valence-electron chi connectivity index (χ2n) is 5.41. The zero-order valence-electron chi connectivity index (χ0n) is 11.4. The summed E-state index contributed by atoms with van der Waals surface area (Å²) in [5.74, 6) is 0. The first-order valence-corrected chi connectivity index (χ1v) is 7.32. The number of hydrogen-bond acceptors (Lipinski definition) is 3. The van der Waals surface area contributed by atoms with Crippen LogP contribution in [0.3, 0.4) is 0 Å². The molecule has 0 aromatic heterocycles. The monoisotopic (exact) mass is 301 g/mol. The van der Waals surface area contributed by atoms with Crippen LogP contribution in [0.25, 0.3) is 0 Å². The van der Waals surface area contributed by atoms with Crippen LogP contribution >= 0.6 is 23.2 Å². The van der Waals surface area contributed by atoms with E-state index in [4.69, 9.17) is 28.9 Å². The van der Waals surface area contributed by atoms with E-state index in [1.165, 1.54) is 0 Å². The Morgan fingerprint density at radius 2 is 2.00 bits per heavy atom. The molecule has 1 aliphatic heterocycles. The molecule has 0 spiro atoms. The third-order valence-corrected chi connectivity index (χ3v) is 4.62. The number of rotatable bonds is 3. The van der Waals surface area contributed by atoms with Crippen molar-refractivity contribution in [2.24, 2.45) is 5.73 Å². The molecule has 1 saturated heterocycles. The van der Waals surface area contributed by atoms with Gasteiger partial charge in [-0.1, -0.05) is 29.3 Å². The zero-order chi connectivity index (χ0) is 14.0. The molecule has 2 atom stereocenters. The molecular formula is C14H21Cl2N3. The normalized spacial score (nSPS) is 23.5. The quantitative estimate of drug-likeness (QED) is 0.931. The second-order valence-corrected chi connectivity index (χ2v) is 6.23. The van der Waals surface area contributed by atoms with Gasteiger partial charge in [0.15, 0.2) is 0 Å². The number of nitrogens with two attached hydrogens (primary N) is 1. The molecule has 1 heterocycles. The first-order valence-electron chi connectivity index (χ1n) is 6.56. The summed E-state index contributed by atoms with van der Waals surface area (Å²) in [6.45, 7) is 3.27. The molecule has 3 nitrogen and oxygen atoms in total. The summed E-state index contributed by atoms with van der Waals surface area (Å²) in [6.07, 6.45) is 0.929. The van der Waals surface area contributed by atoms with Crippen LogP contribution < -0.4 is 5.73 Å². The van der Waals surface area contributed by atoms with Crippen molar-refractivity contribution in [3.63, 3.8) is 0 Å². The topological polar surface area (TPSA) is 32.5 Å². The van der Waals surface area contributed by atoms with Crippen molar-refractivity contribution in [2.75, 3.05) is 33.7 Å². The van der Waals surface area contributed by atoms with E-state index in [9.17, 15) is 0 Å². The highest BCUT2D eigenvalue weighted by atomic mass is 35.5. The standard InChI is InChI=1S/C14H21Cl2N3/c1-18-5-6-19(2)11(9-18)8-14(17)10-3-4-12(15)13(16)7-10/h3-4,7,11,14H,5-6,8-9,17H2,1-2H3. The van der Waals surface area contributed by atoms with Crippen molar-refractivity contribution in [2.45, 2.75) is 18.5 Å². The van der Waals surface area contributed by atoms with Gasteiger partial charge in [-0.05, 0) is 38.2 Å². The predicted molar refractivity (Wildman–Crippen MR) is 81.9 cm³/mol. The molecule has 2 unspecified atom stereocenters. The summed E-state index contributed by atoms with van der Waals surface area (Å²) in [7, 11) is 4.32. The minimum absolute atomic E-state index is 0.00582. The van der Waals surface area contributed by atoms with Gasteiger partial charge in [0.05, 0.1) is 10.0 Å². The fourth-order valence-electron chi connectivity index (χ4n) is 2.53. The van der Waals surface area contributed by atoms with Gasteiger partial charge < -0.3 is 15.5 Å². The van der Waals surface area contributed by atoms with Crippen LogP contribution in [0.5, 0.6) is 0 Å². The predicted octanol–water partition coefficient (Wildman–Crippen LogP) is 2.63. The van der Waals surface area contributed by atoms with Crippen molar-refractivity contribution in [3.8, 4) is 0 Å². The molecule has 1 fully saturated rings. The summed E-state index contributed by atoms with van der Waals surface area (Å²) in [4.78, 5) is 4.74. The summed E-state index contributed by atoms with van der Waals surface area (Å²) in [6, 6.07) is 6.14. The highest BCUT2D eigenvalue weighted by Crippen LogP contribution is 2.27. The molecule has 1 aromatic rings. The van der Waals surface area contributed by atoms with E-state index >= 15 is 0 Å². The van der Waals surface area contributed by atoms with Gasteiger partial charge >= 0.3 is 0 Å². The van der Waals surface area contributed by atoms with Gasteiger partial charge in [-0.3, -0.25) is 0 Å². The van der Waals surface area contributed by atoms with Crippen LogP contribution in [-0.4, -0.2) is 49.6 Å². The number of likely N-dealkylation sites (N-methyl/N-ethyl adjacent to an activating group) is 2. The van der Waals surface area contributed by atoms with E-state index in [2.05, 4.69) is 23.9 Å². The molecule has 5 heteroatoms. The molecule has 2 rings (SSSR count). The molecule has 1 aliphatic rings. The Bertz CT molecular complexity index is 439. The van der Waals surface area contributed by atoms with Crippen LogP contribution in [0.2, 0.25) is 10.0 Å². The summed E-state index contributed by atoms with van der Waals surface area (Å²) in [5.41, 5.74) is 7.36. The zero-order valence-corrected chi connectivity index (χ0v) is 13.0. The summed E-state index contributed by atoms with van der Waals surface area (Å²) < 4.78 is 0. The third-order valence-electron chi connectivity index (χ3n) is 3.88. The number of nitrogens with zero attached hydrogens (tertiary/aromatic N) is 2. The fourth-order valence-corrected chi connectivity index (χ4v) is 2.83. The summed E-state index contributed by atoms with van der Waals surface area (Å²) in [5, 5.41) is 1.15. The van der Waals surface area contributed by atoms with Crippen LogP contribution in [0.15, 0.2) is 18.2 Å². The van der Waals surface area contributed by atoms with Gasteiger partial charge in [0, 0.05) is 31.7 Å². The average Bonchev–Trinajstić information content (AvgIpc) is 2.37. The Morgan fingerprint density at radius 3 is 2.68 bits per heavy atom. The number of benzene rings is 1. The van der Waals surface area contributed by atoms with Crippen molar-refractivity contribution < 1.29 is 0 Å². The largest absolute Gasteiger partial charge is 0.324 e. The summed E-state index contributed by atoms with van der Waals surface area (Å²) >= 11 is 12.0. The van der Waals surface area contributed by atoms with Gasteiger partial charge in [0.25, 0.3) is 0 Å². The molecular weight excluding hydrogens is 281 g/mol. The van der Waals surface area contributed by atoms with Crippen LogP contribution in [0.4, 0.5) is 0 Å². The van der Waals surface area contributed by atoms with Crippen LogP contribution in [0, 0.1) is 0 Å². The first kappa shape index (κ1) is 15.1. The molecule has 0 bridgehead atoms. The first-order chi connectivity index (χ1) is 8.97. The van der Waals surface area contributed by atoms with E-state index in [1.54, 1.807) is 0 Å². The Morgan fingerprint density at radius 1 is 1.26 bits per heavy atom. The highest BCUT2D eigenvalue weighted by molar-refractivity contribution is 6.42. The van der Waals surface area contributed by atoms with E-state index in [0.29, 0.717) is 16.1 Å². The van der Waals surface area contributed by atoms with Gasteiger partial charge in [-0.15, -0.1) is 0 Å². The van der Waals surface area contributed by atoms with E-state index in [0.717, 1.165) is 31.6 Å². The molecule has 0 radical (unpaired) electrons.